The first-order chi connectivity index (χ1) is 28.0. The number of aromatic amines is 1. The van der Waals surface area contributed by atoms with E-state index in [1.807, 2.05) is 25.0 Å². The number of alkyl carbamates (subject to hydrolysis) is 1. The average molecular weight is 788 g/mol. The van der Waals surface area contributed by atoms with Gasteiger partial charge in [0.05, 0.1) is 42.8 Å². The molecule has 2 fully saturated rings. The molecule has 302 valence electrons. The summed E-state index contributed by atoms with van der Waals surface area (Å²) < 4.78 is 16.7. The molecule has 3 amide bonds. The van der Waals surface area contributed by atoms with Crippen LogP contribution in [0.1, 0.15) is 75.0 Å². The molecule has 3 N–H and O–H groups in total. The number of methoxy groups -OCH3 is 2. The number of rotatable bonds is 8. The van der Waals surface area contributed by atoms with E-state index in [1.165, 1.54) is 12.0 Å². The van der Waals surface area contributed by atoms with Crippen LogP contribution >= 0.6 is 0 Å². The maximum atomic E-state index is 14.1. The molecule has 2 saturated heterocycles. The standard InChI is InChI=1S/C44H49N7O7/c1-23(2)39(48-42(53)57-5)41(52)51-24(3)6-11-35(51)28-14-30-9-7-26-15-32-31-10-8-27(34-18-45-40(47-34)36-12-25(20-56-4)19-50(36)43(54)55)13-29(31)21-58-37(32)17-33(26)44(30)22-46-49-38(44)16-28/h7-10,13-15,17-18,22-25,28,35-36,39H,6,11-12,16,19-21H2,1-5H3,(H,45,47)(H,48,53)(H,54,55)/t24-,25-,28?,35-,36-,39-,44?/m0/s1. The summed E-state index contributed by atoms with van der Waals surface area (Å²) in [5.74, 6) is 1.37. The van der Waals surface area contributed by atoms with Gasteiger partial charge in [0.15, 0.2) is 0 Å². The van der Waals surface area contributed by atoms with Crippen LogP contribution < -0.4 is 10.1 Å². The molecule has 7 atom stereocenters. The molecule has 6 aliphatic rings. The second kappa shape index (κ2) is 14.6. The number of imidazole rings is 1. The zero-order chi connectivity index (χ0) is 40.5. The number of hydrogen-bond acceptors (Lipinski definition) is 9. The molecule has 4 aliphatic heterocycles. The summed E-state index contributed by atoms with van der Waals surface area (Å²) in [5.41, 5.74) is 8.48. The number of allylic oxidation sites excluding steroid dienone is 2. The topological polar surface area (TPSA) is 171 Å². The molecule has 0 radical (unpaired) electrons. The SMILES string of the molecule is COC[C@H]1C[C@@H](c2ncc(-c3ccc4c(c3)COc3cc5c(cc3-4)C=CC3=CC([C@@H]4CC[C@H](C)N4C(=O)[C@@H](NC(=O)OC)C(C)C)CC4=NN=CC345)[nH]2)N(C(=O)O)C1. The molecular weight excluding hydrogens is 739 g/mol. The van der Waals surface area contributed by atoms with Crippen molar-refractivity contribution in [3.63, 3.8) is 0 Å². The molecule has 2 aliphatic carbocycles. The van der Waals surface area contributed by atoms with Crippen molar-refractivity contribution in [3.8, 4) is 28.1 Å². The highest BCUT2D eigenvalue weighted by Gasteiger charge is 2.51. The van der Waals surface area contributed by atoms with Gasteiger partial charge in [-0.2, -0.15) is 10.2 Å². The van der Waals surface area contributed by atoms with Crippen LogP contribution in [-0.2, 0) is 26.3 Å². The lowest BCUT2D eigenvalue weighted by Crippen LogP contribution is -2.56. The zero-order valence-electron chi connectivity index (χ0n) is 33.4. The Hall–Kier alpha value is -5.76. The summed E-state index contributed by atoms with van der Waals surface area (Å²) >= 11 is 0. The number of H-pyrrole nitrogens is 1. The Balaban J connectivity index is 0.991. The second-order valence-corrected chi connectivity index (χ2v) is 16.8. The number of amides is 3. The van der Waals surface area contributed by atoms with Crippen LogP contribution in [0.3, 0.4) is 0 Å². The fourth-order valence-corrected chi connectivity index (χ4v) is 10.2. The Labute approximate surface area is 337 Å². The van der Waals surface area contributed by atoms with E-state index in [0.717, 1.165) is 69.0 Å². The van der Waals surface area contributed by atoms with Gasteiger partial charge in [-0.25, -0.2) is 14.6 Å². The maximum Gasteiger partial charge on any atom is 0.407 e. The van der Waals surface area contributed by atoms with E-state index in [-0.39, 0.29) is 41.8 Å². The average Bonchev–Trinajstić information content (AvgIpc) is 4.04. The lowest BCUT2D eigenvalue weighted by Gasteiger charge is -2.43. The summed E-state index contributed by atoms with van der Waals surface area (Å²) in [6.07, 6.45) is 11.8. The van der Waals surface area contributed by atoms with Gasteiger partial charge in [0.1, 0.15) is 24.2 Å². The van der Waals surface area contributed by atoms with E-state index in [4.69, 9.17) is 19.3 Å². The third kappa shape index (κ3) is 6.11. The minimum Gasteiger partial charge on any atom is -0.488 e. The van der Waals surface area contributed by atoms with E-state index >= 15 is 0 Å². The van der Waals surface area contributed by atoms with Crippen LogP contribution in [-0.4, -0.2) is 100 Å². The molecule has 1 spiro atoms. The largest absolute Gasteiger partial charge is 0.488 e. The number of carbonyl (C=O) groups excluding carboxylic acids is 2. The summed E-state index contributed by atoms with van der Waals surface area (Å²) in [4.78, 5) is 49.8. The first-order valence-corrected chi connectivity index (χ1v) is 20.2. The number of carbonyl (C=O) groups is 3. The fraction of sp³-hybridized carbons (Fsp3) is 0.455. The number of likely N-dealkylation sites (tertiary alicyclic amines) is 2. The Morgan fingerprint density at radius 3 is 2.74 bits per heavy atom. The molecule has 14 heteroatoms. The normalized spacial score (nSPS) is 26.8. The van der Waals surface area contributed by atoms with Gasteiger partial charge in [-0.15, -0.1) is 0 Å². The number of aromatic nitrogens is 2. The first kappa shape index (κ1) is 37.8. The quantitative estimate of drug-likeness (QED) is 0.226. The molecule has 2 aromatic carbocycles. The Morgan fingerprint density at radius 1 is 1.12 bits per heavy atom. The van der Waals surface area contributed by atoms with E-state index in [9.17, 15) is 19.5 Å². The van der Waals surface area contributed by atoms with Crippen LogP contribution in [0.4, 0.5) is 9.59 Å². The van der Waals surface area contributed by atoms with E-state index in [0.29, 0.717) is 38.4 Å². The monoisotopic (exact) mass is 787 g/mol. The Kier molecular flexibility index (Phi) is 9.49. The molecule has 3 aromatic rings. The molecule has 14 nitrogen and oxygen atoms in total. The van der Waals surface area contributed by atoms with Gasteiger partial charge in [-0.3, -0.25) is 9.69 Å². The number of hydrogen-bond donors (Lipinski definition) is 3. The highest BCUT2D eigenvalue weighted by Crippen LogP contribution is 2.52. The summed E-state index contributed by atoms with van der Waals surface area (Å²) in [6, 6.07) is 9.59. The van der Waals surface area contributed by atoms with Crippen LogP contribution in [0.25, 0.3) is 28.5 Å². The van der Waals surface area contributed by atoms with Crippen molar-refractivity contribution in [2.75, 3.05) is 27.4 Å². The molecule has 58 heavy (non-hydrogen) atoms. The van der Waals surface area contributed by atoms with Crippen molar-refractivity contribution in [2.45, 2.75) is 82.6 Å². The van der Waals surface area contributed by atoms with Crippen molar-refractivity contribution in [1.82, 2.24) is 25.1 Å². The molecule has 9 rings (SSSR count). The summed E-state index contributed by atoms with van der Waals surface area (Å²) in [5, 5.41) is 21.9. The van der Waals surface area contributed by atoms with Gasteiger partial charge >= 0.3 is 12.2 Å². The third-order valence-corrected chi connectivity index (χ3v) is 13.1. The Morgan fingerprint density at radius 2 is 1.97 bits per heavy atom. The number of carboxylic acid groups (broad SMARTS) is 1. The molecule has 0 bridgehead atoms. The van der Waals surface area contributed by atoms with Crippen molar-refractivity contribution in [3.05, 3.63) is 76.8 Å². The number of benzene rings is 2. The highest BCUT2D eigenvalue weighted by molar-refractivity contribution is 6.17. The van der Waals surface area contributed by atoms with Crippen LogP contribution in [0, 0.1) is 17.8 Å². The van der Waals surface area contributed by atoms with E-state index < -0.39 is 23.6 Å². The predicted molar refractivity (Wildman–Crippen MR) is 218 cm³/mol. The molecule has 0 saturated carbocycles. The van der Waals surface area contributed by atoms with E-state index in [1.54, 1.807) is 13.3 Å². The van der Waals surface area contributed by atoms with Gasteiger partial charge < -0.3 is 34.5 Å². The van der Waals surface area contributed by atoms with Crippen molar-refractivity contribution >= 4 is 36.1 Å². The van der Waals surface area contributed by atoms with Crippen molar-refractivity contribution in [2.24, 2.45) is 28.0 Å². The predicted octanol–water partition coefficient (Wildman–Crippen LogP) is 6.73. The van der Waals surface area contributed by atoms with Gasteiger partial charge in [-0.05, 0) is 90.1 Å². The maximum absolute atomic E-state index is 14.1. The fourth-order valence-electron chi connectivity index (χ4n) is 10.2. The minimum atomic E-state index is -0.961. The van der Waals surface area contributed by atoms with Crippen molar-refractivity contribution in [1.29, 1.82) is 0 Å². The highest BCUT2D eigenvalue weighted by atomic mass is 16.5. The number of ether oxygens (including phenoxy) is 3. The minimum absolute atomic E-state index is 0.0253. The van der Waals surface area contributed by atoms with Crippen LogP contribution in [0.15, 0.2) is 64.5 Å². The van der Waals surface area contributed by atoms with Crippen molar-refractivity contribution < 1.29 is 33.7 Å². The molecule has 5 heterocycles. The summed E-state index contributed by atoms with van der Waals surface area (Å²) in [7, 11) is 2.94. The lowest BCUT2D eigenvalue weighted by atomic mass is 9.61. The molecule has 1 aromatic heterocycles. The van der Waals surface area contributed by atoms with Gasteiger partial charge in [0.2, 0.25) is 5.91 Å². The van der Waals surface area contributed by atoms with E-state index in [2.05, 4.69) is 75.9 Å². The smallest absolute Gasteiger partial charge is 0.407 e. The van der Waals surface area contributed by atoms with Crippen LogP contribution in [0.2, 0.25) is 0 Å². The zero-order valence-corrected chi connectivity index (χ0v) is 33.4. The number of nitrogens with one attached hydrogen (secondary N) is 2. The first-order valence-electron chi connectivity index (χ1n) is 20.2. The van der Waals surface area contributed by atoms with Gasteiger partial charge in [0.25, 0.3) is 0 Å². The lowest BCUT2D eigenvalue weighted by molar-refractivity contribution is -0.137. The molecular formula is C44H49N7O7. The number of nitrogens with zero attached hydrogens (tertiary/aromatic N) is 5. The summed E-state index contributed by atoms with van der Waals surface area (Å²) in [6.45, 7) is 7.26. The number of fused-ring (bicyclic) bond motifs is 4. The molecule has 2 unspecified atom stereocenters. The Bertz CT molecular complexity index is 2310. The van der Waals surface area contributed by atoms with Gasteiger partial charge in [0, 0.05) is 49.4 Å². The third-order valence-electron chi connectivity index (χ3n) is 13.1. The second-order valence-electron chi connectivity index (χ2n) is 16.8. The van der Waals surface area contributed by atoms with Gasteiger partial charge in [-0.1, -0.05) is 44.2 Å². The van der Waals surface area contributed by atoms with Crippen LogP contribution in [0.5, 0.6) is 5.75 Å².